The maximum absolute atomic E-state index is 12.3. The third-order valence-electron chi connectivity index (χ3n) is 3.24. The van der Waals surface area contributed by atoms with Crippen molar-refractivity contribution in [3.63, 3.8) is 0 Å². The van der Waals surface area contributed by atoms with Gasteiger partial charge in [-0.2, -0.15) is 0 Å². The van der Waals surface area contributed by atoms with Crippen molar-refractivity contribution in [3.05, 3.63) is 29.3 Å². The van der Waals surface area contributed by atoms with Gasteiger partial charge < -0.3 is 20.1 Å². The molecule has 0 saturated carbocycles. The van der Waals surface area contributed by atoms with E-state index < -0.39 is 0 Å². The molecule has 1 aromatic carbocycles. The molecule has 0 bridgehead atoms. The smallest absolute Gasteiger partial charge is 0.254 e. The fourth-order valence-electron chi connectivity index (χ4n) is 2.17. The van der Waals surface area contributed by atoms with E-state index in [0.717, 1.165) is 24.1 Å². The summed E-state index contributed by atoms with van der Waals surface area (Å²) in [6, 6.07) is 5.54. The number of nitrogens with two attached hydrogens (primary N) is 1. The fraction of sp³-hybridized carbons (Fsp3) is 0.500. The number of methoxy groups -OCH3 is 1. The summed E-state index contributed by atoms with van der Waals surface area (Å²) in [5, 5.41) is 0. The summed E-state index contributed by atoms with van der Waals surface area (Å²) in [5.74, 6) is 0.0453. The van der Waals surface area contributed by atoms with Crippen LogP contribution in [0, 0.1) is 0 Å². The average Bonchev–Trinajstić information content (AvgIpc) is 2.41. The molecule has 0 saturated heterocycles. The SMILES string of the molecule is COCCOCCN1CCc2ccc(N)cc2C1=O. The Hall–Kier alpha value is -1.59. The van der Waals surface area contributed by atoms with Gasteiger partial charge in [0.2, 0.25) is 0 Å². The minimum Gasteiger partial charge on any atom is -0.399 e. The lowest BCUT2D eigenvalue weighted by Crippen LogP contribution is -2.39. The van der Waals surface area contributed by atoms with Gasteiger partial charge in [0.15, 0.2) is 0 Å². The Bertz CT molecular complexity index is 448. The van der Waals surface area contributed by atoms with Crippen molar-refractivity contribution in [1.29, 1.82) is 0 Å². The van der Waals surface area contributed by atoms with E-state index in [-0.39, 0.29) is 5.91 Å². The molecule has 1 aliphatic heterocycles. The highest BCUT2D eigenvalue weighted by Crippen LogP contribution is 2.21. The molecule has 0 fully saturated rings. The van der Waals surface area contributed by atoms with Crippen LogP contribution >= 0.6 is 0 Å². The number of amides is 1. The van der Waals surface area contributed by atoms with Gasteiger partial charge >= 0.3 is 0 Å². The first-order valence-corrected chi connectivity index (χ1v) is 6.46. The first kappa shape index (κ1) is 13.8. The molecule has 1 aromatic rings. The first-order chi connectivity index (χ1) is 9.22. The molecule has 104 valence electrons. The Morgan fingerprint density at radius 1 is 1.32 bits per heavy atom. The highest BCUT2D eigenvalue weighted by Gasteiger charge is 2.23. The van der Waals surface area contributed by atoms with Crippen LogP contribution in [0.5, 0.6) is 0 Å². The molecular formula is C14H20N2O3. The molecule has 19 heavy (non-hydrogen) atoms. The van der Waals surface area contributed by atoms with E-state index in [0.29, 0.717) is 32.1 Å². The van der Waals surface area contributed by atoms with E-state index in [9.17, 15) is 4.79 Å². The Morgan fingerprint density at radius 3 is 2.95 bits per heavy atom. The maximum atomic E-state index is 12.3. The zero-order valence-corrected chi connectivity index (χ0v) is 11.2. The van der Waals surface area contributed by atoms with Crippen molar-refractivity contribution < 1.29 is 14.3 Å². The van der Waals surface area contributed by atoms with Gasteiger partial charge in [-0.3, -0.25) is 4.79 Å². The van der Waals surface area contributed by atoms with Gasteiger partial charge in [-0.1, -0.05) is 6.07 Å². The average molecular weight is 264 g/mol. The Balaban J connectivity index is 1.90. The molecule has 2 N–H and O–H groups in total. The lowest BCUT2D eigenvalue weighted by atomic mass is 9.98. The second kappa shape index (κ2) is 6.54. The highest BCUT2D eigenvalue weighted by molar-refractivity contribution is 5.97. The number of fused-ring (bicyclic) bond motifs is 1. The standard InChI is InChI=1S/C14H20N2O3/c1-18-8-9-19-7-6-16-5-4-11-2-3-12(15)10-13(11)14(16)17/h2-3,10H,4-9,15H2,1H3. The predicted molar refractivity (Wildman–Crippen MR) is 73.2 cm³/mol. The van der Waals surface area contributed by atoms with Gasteiger partial charge in [-0.15, -0.1) is 0 Å². The molecule has 0 aliphatic carbocycles. The molecule has 1 heterocycles. The van der Waals surface area contributed by atoms with Gasteiger partial charge in [-0.05, 0) is 24.1 Å². The molecule has 0 atom stereocenters. The van der Waals surface area contributed by atoms with Crippen LogP contribution in [0.15, 0.2) is 18.2 Å². The van der Waals surface area contributed by atoms with Crippen molar-refractivity contribution in [2.24, 2.45) is 0 Å². The van der Waals surface area contributed by atoms with Crippen LogP contribution in [-0.4, -0.2) is 50.8 Å². The number of nitrogen functional groups attached to an aromatic ring is 1. The summed E-state index contributed by atoms with van der Waals surface area (Å²) in [7, 11) is 1.64. The van der Waals surface area contributed by atoms with E-state index in [1.165, 1.54) is 0 Å². The summed E-state index contributed by atoms with van der Waals surface area (Å²) >= 11 is 0. The number of anilines is 1. The molecule has 1 aliphatic rings. The topological polar surface area (TPSA) is 64.8 Å². The molecule has 0 aromatic heterocycles. The summed E-state index contributed by atoms with van der Waals surface area (Å²) in [4.78, 5) is 14.1. The molecule has 0 spiro atoms. The minimum absolute atomic E-state index is 0.0453. The van der Waals surface area contributed by atoms with Crippen LogP contribution in [-0.2, 0) is 15.9 Å². The van der Waals surface area contributed by atoms with Crippen molar-refractivity contribution in [2.75, 3.05) is 45.8 Å². The lowest BCUT2D eigenvalue weighted by Gasteiger charge is -2.28. The quantitative estimate of drug-likeness (QED) is 0.613. The lowest BCUT2D eigenvalue weighted by molar-refractivity contribution is 0.0480. The highest BCUT2D eigenvalue weighted by atomic mass is 16.5. The Labute approximate surface area is 113 Å². The molecule has 5 nitrogen and oxygen atoms in total. The van der Waals surface area contributed by atoms with Crippen LogP contribution in [0.4, 0.5) is 5.69 Å². The summed E-state index contributed by atoms with van der Waals surface area (Å²) in [5.41, 5.74) is 8.17. The van der Waals surface area contributed by atoms with Crippen LogP contribution in [0.3, 0.4) is 0 Å². The molecule has 0 unspecified atom stereocenters. The van der Waals surface area contributed by atoms with Crippen molar-refractivity contribution in [3.8, 4) is 0 Å². The first-order valence-electron chi connectivity index (χ1n) is 6.46. The second-order valence-corrected chi connectivity index (χ2v) is 4.56. The van der Waals surface area contributed by atoms with E-state index >= 15 is 0 Å². The molecule has 1 amide bonds. The number of nitrogens with zero attached hydrogens (tertiary/aromatic N) is 1. The predicted octanol–water partition coefficient (Wildman–Crippen LogP) is 0.930. The van der Waals surface area contributed by atoms with Gasteiger partial charge in [0.1, 0.15) is 0 Å². The summed E-state index contributed by atoms with van der Waals surface area (Å²) in [6.07, 6.45) is 0.874. The molecule has 2 rings (SSSR count). The van der Waals surface area contributed by atoms with Gasteiger partial charge in [0, 0.05) is 31.5 Å². The van der Waals surface area contributed by atoms with E-state index in [1.54, 1.807) is 13.2 Å². The van der Waals surface area contributed by atoms with Crippen LogP contribution in [0.25, 0.3) is 0 Å². The monoisotopic (exact) mass is 264 g/mol. The normalized spacial score (nSPS) is 14.6. The number of benzene rings is 1. The molecular weight excluding hydrogens is 244 g/mol. The van der Waals surface area contributed by atoms with E-state index in [2.05, 4.69) is 0 Å². The van der Waals surface area contributed by atoms with Gasteiger partial charge in [-0.25, -0.2) is 0 Å². The van der Waals surface area contributed by atoms with Gasteiger partial charge in [0.05, 0.1) is 19.8 Å². The minimum atomic E-state index is 0.0453. The maximum Gasteiger partial charge on any atom is 0.254 e. The fourth-order valence-corrected chi connectivity index (χ4v) is 2.17. The zero-order valence-electron chi connectivity index (χ0n) is 11.2. The largest absolute Gasteiger partial charge is 0.399 e. The van der Waals surface area contributed by atoms with Crippen molar-refractivity contribution in [2.45, 2.75) is 6.42 Å². The number of carbonyl (C=O) groups is 1. The molecule has 5 heteroatoms. The van der Waals surface area contributed by atoms with E-state index in [4.69, 9.17) is 15.2 Å². The zero-order chi connectivity index (χ0) is 13.7. The number of hydrogen-bond acceptors (Lipinski definition) is 4. The second-order valence-electron chi connectivity index (χ2n) is 4.56. The summed E-state index contributed by atoms with van der Waals surface area (Å²) < 4.78 is 10.3. The number of ether oxygens (including phenoxy) is 2. The third kappa shape index (κ3) is 3.45. The summed E-state index contributed by atoms with van der Waals surface area (Å²) in [6.45, 7) is 3.02. The van der Waals surface area contributed by atoms with E-state index in [1.807, 2.05) is 17.0 Å². The van der Waals surface area contributed by atoms with Crippen LogP contribution in [0.2, 0.25) is 0 Å². The number of carbonyl (C=O) groups excluding carboxylic acids is 1. The van der Waals surface area contributed by atoms with Crippen molar-refractivity contribution >= 4 is 11.6 Å². The third-order valence-corrected chi connectivity index (χ3v) is 3.24. The van der Waals surface area contributed by atoms with Crippen LogP contribution < -0.4 is 5.73 Å². The number of hydrogen-bond donors (Lipinski definition) is 1. The number of rotatable bonds is 6. The Kier molecular flexibility index (Phi) is 4.76. The van der Waals surface area contributed by atoms with Crippen LogP contribution in [0.1, 0.15) is 15.9 Å². The van der Waals surface area contributed by atoms with Gasteiger partial charge in [0.25, 0.3) is 5.91 Å². The van der Waals surface area contributed by atoms with Crippen molar-refractivity contribution in [1.82, 2.24) is 4.90 Å². The Morgan fingerprint density at radius 2 is 2.16 bits per heavy atom. The molecule has 0 radical (unpaired) electrons.